The Bertz CT molecular complexity index is 2120. The monoisotopic (exact) mass is 802 g/mol. The van der Waals surface area contributed by atoms with Crippen molar-refractivity contribution in [2.75, 3.05) is 6.54 Å². The fourth-order valence-electron chi connectivity index (χ4n) is 7.99. The van der Waals surface area contributed by atoms with Crippen molar-refractivity contribution in [2.24, 2.45) is 17.3 Å². The Labute approximate surface area is 336 Å². The van der Waals surface area contributed by atoms with Gasteiger partial charge in [-0.25, -0.2) is 18.4 Å². The van der Waals surface area contributed by atoms with Crippen molar-refractivity contribution in [3.8, 4) is 16.5 Å². The van der Waals surface area contributed by atoms with E-state index >= 15 is 0 Å². The average Bonchev–Trinajstić information content (AvgIpc) is 3.95. The van der Waals surface area contributed by atoms with Gasteiger partial charge in [0.2, 0.25) is 21.8 Å². The van der Waals surface area contributed by atoms with Crippen molar-refractivity contribution in [3.05, 3.63) is 65.7 Å². The maximum absolute atomic E-state index is 14.5. The lowest BCUT2D eigenvalue weighted by atomic mass is 9.90. The zero-order valence-electron chi connectivity index (χ0n) is 33.9. The summed E-state index contributed by atoms with van der Waals surface area (Å²) in [5.41, 5.74) is 3.41. The van der Waals surface area contributed by atoms with Gasteiger partial charge in [0.05, 0.1) is 34.0 Å². The molecule has 0 spiro atoms. The minimum Gasteiger partial charge on any atom is -0.488 e. The summed E-state index contributed by atoms with van der Waals surface area (Å²) in [6.45, 7) is 19.8. The molecule has 1 aliphatic heterocycles. The van der Waals surface area contributed by atoms with Gasteiger partial charge in [-0.15, -0.1) is 24.5 Å². The number of rotatable bonds is 19. The summed E-state index contributed by atoms with van der Waals surface area (Å²) in [7, 11) is -3.91. The third kappa shape index (κ3) is 8.37. The first-order valence-electron chi connectivity index (χ1n) is 20.2. The number of aromatic nitrogens is 2. The number of ketones is 1. The highest BCUT2D eigenvalue weighted by atomic mass is 32.2. The van der Waals surface area contributed by atoms with Crippen molar-refractivity contribution >= 4 is 49.9 Å². The van der Waals surface area contributed by atoms with Gasteiger partial charge >= 0.3 is 0 Å². The fraction of sp³-hybridized carbons (Fsp3) is 0.568. The van der Waals surface area contributed by atoms with Gasteiger partial charge < -0.3 is 9.64 Å². The number of hydrogen-bond acceptors (Lipinski definition) is 9. The lowest BCUT2D eigenvalue weighted by Gasteiger charge is -2.29. The number of ether oxygens (including phenoxy) is 1. The van der Waals surface area contributed by atoms with Crippen LogP contribution in [0.4, 0.5) is 0 Å². The molecule has 0 bridgehead atoms. The maximum Gasteiger partial charge on any atom is 0.240 e. The van der Waals surface area contributed by atoms with Gasteiger partial charge in [-0.2, -0.15) is 0 Å². The highest BCUT2D eigenvalue weighted by molar-refractivity contribution is 7.91. The Kier molecular flexibility index (Phi) is 12.3. The van der Waals surface area contributed by atoms with Crippen molar-refractivity contribution < 1.29 is 27.5 Å². The van der Waals surface area contributed by atoms with E-state index in [2.05, 4.69) is 44.0 Å². The van der Waals surface area contributed by atoms with Gasteiger partial charge in [-0.1, -0.05) is 51.8 Å². The average molecular weight is 803 g/mol. The summed E-state index contributed by atoms with van der Waals surface area (Å²) in [6.07, 6.45) is 9.52. The zero-order chi connectivity index (χ0) is 40.6. The molecule has 56 heavy (non-hydrogen) atoms. The van der Waals surface area contributed by atoms with Gasteiger partial charge in [0.1, 0.15) is 22.6 Å². The Morgan fingerprint density at radius 3 is 2.50 bits per heavy atom. The smallest absolute Gasteiger partial charge is 0.240 e. The number of pyridine rings is 1. The van der Waals surface area contributed by atoms with E-state index in [4.69, 9.17) is 14.7 Å². The molecule has 3 fully saturated rings. The van der Waals surface area contributed by atoms with E-state index < -0.39 is 38.2 Å². The highest BCUT2D eigenvalue weighted by Gasteiger charge is 2.62. The van der Waals surface area contributed by atoms with Crippen LogP contribution in [0.25, 0.3) is 21.6 Å². The first-order valence-corrected chi connectivity index (χ1v) is 22.6. The van der Waals surface area contributed by atoms with Gasteiger partial charge in [-0.05, 0) is 94.7 Å². The molecule has 0 radical (unpaired) electrons. The molecule has 10 nitrogen and oxygen atoms in total. The summed E-state index contributed by atoms with van der Waals surface area (Å²) >= 11 is 1.54. The number of fused-ring (bicyclic) bond motifs is 1. The van der Waals surface area contributed by atoms with E-state index in [1.165, 1.54) is 0 Å². The second-order valence-electron chi connectivity index (χ2n) is 16.9. The van der Waals surface area contributed by atoms with Crippen LogP contribution in [-0.4, -0.2) is 64.3 Å². The number of likely N-dealkylation sites (tertiary alicyclic amines) is 1. The summed E-state index contributed by atoms with van der Waals surface area (Å²) in [6, 6.07) is 5.13. The molecule has 2 aliphatic carbocycles. The van der Waals surface area contributed by atoms with Crippen LogP contribution >= 0.6 is 11.3 Å². The normalized spacial score (nSPS) is 23.2. The van der Waals surface area contributed by atoms with Crippen LogP contribution in [0.1, 0.15) is 121 Å². The topological polar surface area (TPSA) is 136 Å². The predicted molar refractivity (Wildman–Crippen MR) is 223 cm³/mol. The summed E-state index contributed by atoms with van der Waals surface area (Å²) in [5, 5.41) is 3.68. The standard InChI is InChI=1S/C44H58N4O6S2/c1-9-12-13-14-15-16-30(10-2)41(50)48-25-32(21-36(48)37(49)24-44(23-31(44)11-3)42(51)47-56(52,53)43(8)19-20-43)54-38-22-34(40-46-35(26-55-40)27(4)5)45-39-29(7)28(6)17-18-33(38)39/h9,11,17-18,22,26-27,30-32,36H,1,3,10,12-16,19-21,23-25H2,2,4-8H3,(H,47,51)/t30-,31+,32?,36-,44+/m0/s1. The summed E-state index contributed by atoms with van der Waals surface area (Å²) in [4.78, 5) is 54.4. The molecule has 2 saturated carbocycles. The number of allylic oxidation sites excluding steroid dienone is 2. The van der Waals surface area contributed by atoms with Gasteiger partial charge in [0.25, 0.3) is 0 Å². The Morgan fingerprint density at radius 1 is 1.12 bits per heavy atom. The van der Waals surface area contributed by atoms with Gasteiger partial charge in [0.15, 0.2) is 5.78 Å². The Hall–Kier alpha value is -3.90. The van der Waals surface area contributed by atoms with E-state index in [0.29, 0.717) is 43.5 Å². The first-order chi connectivity index (χ1) is 26.6. The number of carbonyl (C=O) groups is 3. The van der Waals surface area contributed by atoms with Gasteiger partial charge in [0, 0.05) is 35.6 Å². The number of nitrogens with zero attached hydrogens (tertiary/aromatic N) is 3. The minimum absolute atomic E-state index is 0.0878. The molecule has 1 aromatic carbocycles. The van der Waals surface area contributed by atoms with Crippen LogP contribution in [0.2, 0.25) is 0 Å². The molecule has 6 rings (SSSR count). The van der Waals surface area contributed by atoms with Crippen LogP contribution in [-0.2, 0) is 24.4 Å². The van der Waals surface area contributed by atoms with Crippen LogP contribution < -0.4 is 9.46 Å². The largest absolute Gasteiger partial charge is 0.488 e. The van der Waals surface area contributed by atoms with E-state index in [1.54, 1.807) is 29.2 Å². The lowest BCUT2D eigenvalue weighted by molar-refractivity contribution is -0.142. The van der Waals surface area contributed by atoms with E-state index in [1.807, 2.05) is 38.1 Å². The van der Waals surface area contributed by atoms with Crippen LogP contribution in [0.3, 0.4) is 0 Å². The number of benzene rings is 1. The summed E-state index contributed by atoms with van der Waals surface area (Å²) < 4.78 is 34.4. The van der Waals surface area contributed by atoms with Crippen molar-refractivity contribution in [2.45, 2.75) is 135 Å². The zero-order valence-corrected chi connectivity index (χ0v) is 35.5. The number of thiazole rings is 1. The van der Waals surface area contributed by atoms with E-state index in [9.17, 15) is 22.8 Å². The van der Waals surface area contributed by atoms with Crippen LogP contribution in [0.5, 0.6) is 5.75 Å². The van der Waals surface area contributed by atoms with Crippen molar-refractivity contribution in [1.29, 1.82) is 0 Å². The second kappa shape index (κ2) is 16.5. The van der Waals surface area contributed by atoms with E-state index in [-0.39, 0.29) is 48.8 Å². The number of unbranched alkanes of at least 4 members (excludes halogenated alkanes) is 3. The molecule has 2 aromatic heterocycles. The molecule has 1 N–H and O–H groups in total. The molecule has 302 valence electrons. The first kappa shape index (κ1) is 41.7. The third-order valence-electron chi connectivity index (χ3n) is 12.5. The highest BCUT2D eigenvalue weighted by Crippen LogP contribution is 2.57. The van der Waals surface area contributed by atoms with Crippen molar-refractivity contribution in [1.82, 2.24) is 19.6 Å². The third-order valence-corrected chi connectivity index (χ3v) is 15.5. The molecule has 3 heterocycles. The molecule has 1 unspecified atom stereocenters. The summed E-state index contributed by atoms with van der Waals surface area (Å²) in [5.74, 6) is -0.758. The maximum atomic E-state index is 14.5. The van der Waals surface area contributed by atoms with Crippen molar-refractivity contribution in [3.63, 3.8) is 0 Å². The SMILES string of the molecule is C=CCCCCC[C@H](CC)C(=O)N1CC(Oc2cc(-c3nc(C(C)C)cs3)nc3c(C)c(C)ccc23)C[C@H]1C(=O)C[C@]1(C(=O)NS(=O)(=O)C2(C)CC2)C[C@H]1C=C. The molecule has 2 amide bonds. The number of sulfonamides is 1. The Balaban J connectivity index is 1.30. The number of Topliss-reactive ketones (excluding diaryl/α,β-unsaturated/α-hetero) is 1. The molecule has 3 aliphatic rings. The molecule has 12 heteroatoms. The van der Waals surface area contributed by atoms with Crippen LogP contribution in [0.15, 0.2) is 48.9 Å². The molecule has 1 saturated heterocycles. The van der Waals surface area contributed by atoms with Gasteiger partial charge in [-0.3, -0.25) is 19.1 Å². The Morgan fingerprint density at radius 2 is 1.88 bits per heavy atom. The number of hydrogen-bond donors (Lipinski definition) is 1. The molecule has 5 atom stereocenters. The molecular formula is C44H58N4O6S2. The van der Waals surface area contributed by atoms with E-state index in [0.717, 1.165) is 58.4 Å². The predicted octanol–water partition coefficient (Wildman–Crippen LogP) is 8.76. The number of nitrogens with one attached hydrogen (secondary N) is 1. The number of amides is 2. The second-order valence-corrected chi connectivity index (χ2v) is 19.9. The fourth-order valence-corrected chi connectivity index (χ4v) is 10.3. The van der Waals surface area contributed by atoms with Crippen LogP contribution in [0, 0.1) is 31.1 Å². The lowest BCUT2D eigenvalue weighted by Crippen LogP contribution is -2.47. The quantitative estimate of drug-likeness (QED) is 0.0939. The minimum atomic E-state index is -3.91. The number of aryl methyl sites for hydroxylation is 2. The molecule has 3 aromatic rings. The molecular weight excluding hydrogens is 745 g/mol. The number of carbonyl (C=O) groups excluding carboxylic acids is 3.